The van der Waals surface area contributed by atoms with Gasteiger partial charge >= 0.3 is 5.97 Å². The van der Waals surface area contributed by atoms with Gasteiger partial charge in [0.25, 0.3) is 0 Å². The number of carboxylic acid groups (broad SMARTS) is 1. The van der Waals surface area contributed by atoms with Gasteiger partial charge in [-0.2, -0.15) is 0 Å². The summed E-state index contributed by atoms with van der Waals surface area (Å²) >= 11 is 0. The van der Waals surface area contributed by atoms with Gasteiger partial charge in [-0.05, 0) is 13.0 Å². The van der Waals surface area contributed by atoms with Gasteiger partial charge in [-0.25, -0.2) is 4.98 Å². The minimum atomic E-state index is -0.706. The molecule has 0 bridgehead atoms. The van der Waals surface area contributed by atoms with Crippen molar-refractivity contribution >= 4 is 5.97 Å². The maximum absolute atomic E-state index is 10.5. The van der Waals surface area contributed by atoms with Crippen LogP contribution in [-0.4, -0.2) is 69.7 Å². The highest BCUT2D eigenvalue weighted by atomic mass is 16.4. The van der Waals surface area contributed by atoms with E-state index >= 15 is 0 Å². The first-order chi connectivity index (χ1) is 9.24. The van der Waals surface area contributed by atoms with E-state index in [1.807, 2.05) is 12.5 Å². The van der Waals surface area contributed by atoms with Crippen LogP contribution in [0, 0.1) is 0 Å². The molecule has 1 saturated heterocycles. The lowest BCUT2D eigenvalue weighted by atomic mass is 10.2. The van der Waals surface area contributed by atoms with E-state index in [0.717, 1.165) is 45.7 Å². The number of aryl methyl sites for hydroxylation is 1. The molecule has 2 heterocycles. The molecule has 6 nitrogen and oxygen atoms in total. The van der Waals surface area contributed by atoms with E-state index in [0.29, 0.717) is 6.54 Å². The maximum atomic E-state index is 10.5. The topological polar surface area (TPSA) is 61.6 Å². The van der Waals surface area contributed by atoms with E-state index in [9.17, 15) is 4.79 Å². The van der Waals surface area contributed by atoms with Gasteiger partial charge in [0, 0.05) is 51.7 Å². The third-order valence-electron chi connectivity index (χ3n) is 3.56. The predicted molar refractivity (Wildman–Crippen MR) is 72.0 cm³/mol. The Morgan fingerprint density at radius 1 is 1.11 bits per heavy atom. The minimum Gasteiger partial charge on any atom is -0.481 e. The molecule has 0 spiro atoms. The number of carboxylic acids is 1. The van der Waals surface area contributed by atoms with Gasteiger partial charge in [-0.15, -0.1) is 0 Å². The van der Waals surface area contributed by atoms with Crippen LogP contribution in [0.4, 0.5) is 0 Å². The van der Waals surface area contributed by atoms with Crippen LogP contribution in [0.25, 0.3) is 0 Å². The highest BCUT2D eigenvalue weighted by Gasteiger charge is 2.16. The van der Waals surface area contributed by atoms with Crippen molar-refractivity contribution in [3.63, 3.8) is 0 Å². The van der Waals surface area contributed by atoms with Crippen molar-refractivity contribution in [3.8, 4) is 0 Å². The van der Waals surface area contributed by atoms with Crippen molar-refractivity contribution in [3.05, 3.63) is 18.7 Å². The second-order valence-corrected chi connectivity index (χ2v) is 4.98. The highest BCUT2D eigenvalue weighted by molar-refractivity contribution is 5.66. The Labute approximate surface area is 113 Å². The van der Waals surface area contributed by atoms with Gasteiger partial charge in [-0.1, -0.05) is 0 Å². The smallest absolute Gasteiger partial charge is 0.304 e. The summed E-state index contributed by atoms with van der Waals surface area (Å²) < 4.78 is 2.10. The molecule has 19 heavy (non-hydrogen) atoms. The molecule has 2 rings (SSSR count). The molecule has 1 aliphatic heterocycles. The Morgan fingerprint density at radius 3 is 2.37 bits per heavy atom. The minimum absolute atomic E-state index is 0.251. The molecule has 0 aromatic carbocycles. The van der Waals surface area contributed by atoms with Crippen molar-refractivity contribution in [1.82, 2.24) is 19.4 Å². The van der Waals surface area contributed by atoms with Crippen molar-refractivity contribution < 1.29 is 9.90 Å². The van der Waals surface area contributed by atoms with Crippen LogP contribution in [-0.2, 0) is 11.3 Å². The number of aromatic nitrogens is 2. The summed E-state index contributed by atoms with van der Waals surface area (Å²) in [6.45, 7) is 6.85. The van der Waals surface area contributed by atoms with Gasteiger partial charge in [0.2, 0.25) is 0 Å². The fourth-order valence-electron chi connectivity index (χ4n) is 2.39. The summed E-state index contributed by atoms with van der Waals surface area (Å²) in [5, 5.41) is 8.66. The zero-order chi connectivity index (χ0) is 13.5. The second kappa shape index (κ2) is 7.25. The Bertz CT molecular complexity index is 372. The lowest BCUT2D eigenvalue weighted by Crippen LogP contribution is -2.47. The van der Waals surface area contributed by atoms with Crippen LogP contribution in [0.1, 0.15) is 12.8 Å². The van der Waals surface area contributed by atoms with Crippen molar-refractivity contribution in [2.24, 2.45) is 0 Å². The zero-order valence-corrected chi connectivity index (χ0v) is 11.2. The molecule has 6 heteroatoms. The SMILES string of the molecule is O=C(O)CCN1CCN(CCCn2ccnc2)CC1. The third-order valence-corrected chi connectivity index (χ3v) is 3.56. The molecule has 0 unspecified atom stereocenters. The molecule has 0 amide bonds. The summed E-state index contributed by atoms with van der Waals surface area (Å²) in [6.07, 6.45) is 7.03. The van der Waals surface area contributed by atoms with Crippen LogP contribution in [0.15, 0.2) is 18.7 Å². The quantitative estimate of drug-likeness (QED) is 0.772. The number of imidazole rings is 1. The Kier molecular flexibility index (Phi) is 5.35. The van der Waals surface area contributed by atoms with Crippen molar-refractivity contribution in [2.45, 2.75) is 19.4 Å². The summed E-state index contributed by atoms with van der Waals surface area (Å²) in [5.74, 6) is -0.706. The molecular formula is C13H22N4O2. The number of piperazine rings is 1. The number of rotatable bonds is 7. The molecule has 0 radical (unpaired) electrons. The fourth-order valence-corrected chi connectivity index (χ4v) is 2.39. The van der Waals surface area contributed by atoms with E-state index < -0.39 is 5.97 Å². The summed E-state index contributed by atoms with van der Waals surface area (Å²) in [4.78, 5) is 19.2. The molecule has 0 atom stereocenters. The Hall–Kier alpha value is -1.40. The summed E-state index contributed by atoms with van der Waals surface area (Å²) in [7, 11) is 0. The number of nitrogens with zero attached hydrogens (tertiary/aromatic N) is 4. The van der Waals surface area contributed by atoms with Crippen LogP contribution >= 0.6 is 0 Å². The average Bonchev–Trinajstić information content (AvgIpc) is 2.91. The number of aliphatic carboxylic acids is 1. The molecule has 0 aliphatic carbocycles. The summed E-state index contributed by atoms with van der Waals surface area (Å²) in [5.41, 5.74) is 0. The normalized spacial score (nSPS) is 17.7. The molecule has 1 fully saturated rings. The largest absolute Gasteiger partial charge is 0.481 e. The van der Waals surface area contributed by atoms with Gasteiger partial charge in [-0.3, -0.25) is 4.79 Å². The molecule has 1 aromatic heterocycles. The number of hydrogen-bond acceptors (Lipinski definition) is 4. The van der Waals surface area contributed by atoms with E-state index in [1.54, 1.807) is 6.20 Å². The monoisotopic (exact) mass is 266 g/mol. The van der Waals surface area contributed by atoms with E-state index in [-0.39, 0.29) is 6.42 Å². The molecule has 1 aliphatic rings. The predicted octanol–water partition coefficient (Wildman–Crippen LogP) is 0.365. The van der Waals surface area contributed by atoms with Crippen LogP contribution < -0.4 is 0 Å². The van der Waals surface area contributed by atoms with Gasteiger partial charge in [0.1, 0.15) is 0 Å². The van der Waals surface area contributed by atoms with Crippen LogP contribution in [0.5, 0.6) is 0 Å². The lowest BCUT2D eigenvalue weighted by Gasteiger charge is -2.34. The van der Waals surface area contributed by atoms with E-state index in [1.165, 1.54) is 0 Å². The molecule has 106 valence electrons. The number of carbonyl (C=O) groups is 1. The van der Waals surface area contributed by atoms with Crippen LogP contribution in [0.3, 0.4) is 0 Å². The zero-order valence-electron chi connectivity index (χ0n) is 11.2. The average molecular weight is 266 g/mol. The Balaban J connectivity index is 1.57. The standard InChI is InChI=1S/C13H22N4O2/c18-13(19)2-6-16-10-8-15(9-11-16)4-1-5-17-7-3-14-12-17/h3,7,12H,1-2,4-6,8-11H2,(H,18,19). The first-order valence-corrected chi connectivity index (χ1v) is 6.86. The highest BCUT2D eigenvalue weighted by Crippen LogP contribution is 2.04. The van der Waals surface area contributed by atoms with Gasteiger partial charge < -0.3 is 19.5 Å². The van der Waals surface area contributed by atoms with E-state index in [4.69, 9.17) is 5.11 Å². The van der Waals surface area contributed by atoms with Gasteiger partial charge in [0.05, 0.1) is 12.7 Å². The summed E-state index contributed by atoms with van der Waals surface area (Å²) in [6, 6.07) is 0. The molecule has 1 aromatic rings. The first-order valence-electron chi connectivity index (χ1n) is 6.86. The second-order valence-electron chi connectivity index (χ2n) is 4.98. The third kappa shape index (κ3) is 5.00. The lowest BCUT2D eigenvalue weighted by molar-refractivity contribution is -0.137. The maximum Gasteiger partial charge on any atom is 0.304 e. The Morgan fingerprint density at radius 2 is 1.79 bits per heavy atom. The molecule has 1 N–H and O–H groups in total. The first kappa shape index (κ1) is 14.0. The number of hydrogen-bond donors (Lipinski definition) is 1. The molecule has 0 saturated carbocycles. The van der Waals surface area contributed by atoms with Crippen molar-refractivity contribution in [2.75, 3.05) is 39.3 Å². The van der Waals surface area contributed by atoms with Crippen molar-refractivity contribution in [1.29, 1.82) is 0 Å². The van der Waals surface area contributed by atoms with Crippen LogP contribution in [0.2, 0.25) is 0 Å². The van der Waals surface area contributed by atoms with E-state index in [2.05, 4.69) is 19.4 Å². The van der Waals surface area contributed by atoms with Gasteiger partial charge in [0.15, 0.2) is 0 Å². The fraction of sp³-hybridized carbons (Fsp3) is 0.692. The molecular weight excluding hydrogens is 244 g/mol.